The molecule has 2 heterocycles. The molecule has 0 radical (unpaired) electrons. The fourth-order valence-electron chi connectivity index (χ4n) is 2.07. The van der Waals surface area contributed by atoms with Crippen molar-refractivity contribution in [2.75, 3.05) is 6.61 Å². The summed E-state index contributed by atoms with van der Waals surface area (Å²) in [5.41, 5.74) is 2.10. The maximum absolute atomic E-state index is 12.2. The van der Waals surface area contributed by atoms with Crippen molar-refractivity contribution in [2.24, 2.45) is 0 Å². The minimum atomic E-state index is -0.0469. The van der Waals surface area contributed by atoms with Crippen LogP contribution in [0.3, 0.4) is 0 Å². The molecule has 0 N–H and O–H groups in total. The molecular formula is C15H14N2O2. The molecule has 1 aliphatic heterocycles. The van der Waals surface area contributed by atoms with E-state index in [0.717, 1.165) is 18.5 Å². The number of allylic oxidation sites excluding steroid dienone is 1. The molecule has 0 saturated heterocycles. The number of nitrogens with zero attached hydrogens (tertiary/aromatic N) is 2. The molecule has 0 aliphatic carbocycles. The van der Waals surface area contributed by atoms with Crippen LogP contribution in [-0.4, -0.2) is 22.2 Å². The molecule has 0 spiro atoms. The maximum atomic E-state index is 12.2. The van der Waals surface area contributed by atoms with Crippen molar-refractivity contribution in [1.29, 1.82) is 0 Å². The zero-order valence-corrected chi connectivity index (χ0v) is 10.5. The third-order valence-corrected chi connectivity index (χ3v) is 3.07. The quantitative estimate of drug-likeness (QED) is 0.791. The summed E-state index contributed by atoms with van der Waals surface area (Å²) in [6, 6.07) is 11.5. The largest absolute Gasteiger partial charge is 0.501 e. The Bertz CT molecular complexity index is 614. The molecule has 1 aromatic carbocycles. The SMILES string of the molecule is O=C(C1=COCCC1)c1ccn(-c2ccccc2)n1. The van der Waals surface area contributed by atoms with Crippen molar-refractivity contribution in [2.45, 2.75) is 12.8 Å². The first-order valence-electron chi connectivity index (χ1n) is 6.31. The number of aromatic nitrogens is 2. The minimum absolute atomic E-state index is 0.0469. The average molecular weight is 254 g/mol. The van der Waals surface area contributed by atoms with Gasteiger partial charge in [-0.2, -0.15) is 5.10 Å². The van der Waals surface area contributed by atoms with Gasteiger partial charge in [-0.25, -0.2) is 4.68 Å². The fraction of sp³-hybridized carbons (Fsp3) is 0.200. The van der Waals surface area contributed by atoms with E-state index < -0.39 is 0 Å². The van der Waals surface area contributed by atoms with Gasteiger partial charge in [0.1, 0.15) is 5.69 Å². The average Bonchev–Trinajstić information content (AvgIpc) is 2.98. The van der Waals surface area contributed by atoms with Gasteiger partial charge in [0, 0.05) is 11.8 Å². The van der Waals surface area contributed by atoms with Crippen LogP contribution in [0.5, 0.6) is 0 Å². The van der Waals surface area contributed by atoms with Crippen molar-refractivity contribution >= 4 is 5.78 Å². The number of carbonyl (C=O) groups excluding carboxylic acids is 1. The lowest BCUT2D eigenvalue weighted by molar-refractivity contribution is 0.100. The van der Waals surface area contributed by atoms with Crippen LogP contribution in [0.15, 0.2) is 54.4 Å². The second-order valence-electron chi connectivity index (χ2n) is 4.43. The number of rotatable bonds is 3. The zero-order valence-electron chi connectivity index (χ0n) is 10.5. The van der Waals surface area contributed by atoms with E-state index in [4.69, 9.17) is 4.74 Å². The molecule has 19 heavy (non-hydrogen) atoms. The Morgan fingerprint density at radius 1 is 1.21 bits per heavy atom. The molecule has 96 valence electrons. The van der Waals surface area contributed by atoms with Crippen molar-refractivity contribution in [3.8, 4) is 5.69 Å². The predicted octanol–water partition coefficient (Wildman–Crippen LogP) is 2.75. The second kappa shape index (κ2) is 5.10. The molecule has 4 heteroatoms. The van der Waals surface area contributed by atoms with E-state index in [1.54, 1.807) is 23.2 Å². The van der Waals surface area contributed by atoms with Crippen LogP contribution in [0, 0.1) is 0 Å². The van der Waals surface area contributed by atoms with Crippen molar-refractivity contribution in [3.63, 3.8) is 0 Å². The molecule has 2 aromatic rings. The van der Waals surface area contributed by atoms with Crippen LogP contribution in [0.2, 0.25) is 0 Å². The molecule has 0 amide bonds. The molecular weight excluding hydrogens is 240 g/mol. The van der Waals surface area contributed by atoms with E-state index in [1.165, 1.54) is 0 Å². The van der Waals surface area contributed by atoms with Gasteiger partial charge in [-0.05, 0) is 31.0 Å². The number of benzene rings is 1. The smallest absolute Gasteiger partial charge is 0.212 e. The molecule has 0 atom stereocenters. The van der Waals surface area contributed by atoms with Crippen molar-refractivity contribution < 1.29 is 9.53 Å². The Morgan fingerprint density at radius 3 is 2.79 bits per heavy atom. The highest BCUT2D eigenvalue weighted by Crippen LogP contribution is 2.17. The van der Waals surface area contributed by atoms with Gasteiger partial charge in [0.25, 0.3) is 0 Å². The van der Waals surface area contributed by atoms with Gasteiger partial charge in [0.2, 0.25) is 5.78 Å². The first-order chi connectivity index (χ1) is 9.34. The Hall–Kier alpha value is -2.36. The molecule has 0 fully saturated rings. The molecule has 0 saturated carbocycles. The van der Waals surface area contributed by atoms with Crippen LogP contribution in [0.25, 0.3) is 5.69 Å². The highest BCUT2D eigenvalue weighted by molar-refractivity contribution is 6.07. The monoisotopic (exact) mass is 254 g/mol. The standard InChI is InChI=1S/C15H14N2O2/c18-15(12-5-4-10-19-11-12)14-8-9-17(16-14)13-6-2-1-3-7-13/h1-3,6-9,11H,4-5,10H2. The third-order valence-electron chi connectivity index (χ3n) is 3.07. The maximum Gasteiger partial charge on any atom is 0.212 e. The van der Waals surface area contributed by atoms with E-state index >= 15 is 0 Å². The molecule has 0 bridgehead atoms. The summed E-state index contributed by atoms with van der Waals surface area (Å²) in [4.78, 5) is 12.2. The fourth-order valence-corrected chi connectivity index (χ4v) is 2.07. The summed E-state index contributed by atoms with van der Waals surface area (Å²) in [5.74, 6) is -0.0469. The number of ketones is 1. The van der Waals surface area contributed by atoms with Gasteiger partial charge in [-0.3, -0.25) is 4.79 Å². The number of ether oxygens (including phenoxy) is 1. The summed E-state index contributed by atoms with van der Waals surface area (Å²) < 4.78 is 6.90. The lowest BCUT2D eigenvalue weighted by Crippen LogP contribution is -2.10. The first-order valence-corrected chi connectivity index (χ1v) is 6.31. The van der Waals surface area contributed by atoms with E-state index in [2.05, 4.69) is 5.10 Å². The lowest BCUT2D eigenvalue weighted by Gasteiger charge is -2.11. The van der Waals surface area contributed by atoms with E-state index in [9.17, 15) is 4.79 Å². The number of Topliss-reactive ketones (excluding diaryl/α,β-unsaturated/α-hetero) is 1. The molecule has 1 aromatic heterocycles. The summed E-state index contributed by atoms with van der Waals surface area (Å²) in [5, 5.41) is 4.33. The first kappa shape index (κ1) is 11.7. The van der Waals surface area contributed by atoms with Gasteiger partial charge in [0.05, 0.1) is 18.6 Å². The summed E-state index contributed by atoms with van der Waals surface area (Å²) in [6.07, 6.45) is 5.01. The van der Waals surface area contributed by atoms with Crippen LogP contribution in [-0.2, 0) is 4.74 Å². The minimum Gasteiger partial charge on any atom is -0.501 e. The molecule has 1 aliphatic rings. The number of para-hydroxylation sites is 1. The highest BCUT2D eigenvalue weighted by Gasteiger charge is 2.17. The molecule has 0 unspecified atom stereocenters. The van der Waals surface area contributed by atoms with Crippen molar-refractivity contribution in [3.05, 3.63) is 60.1 Å². The predicted molar refractivity (Wildman–Crippen MR) is 71.2 cm³/mol. The van der Waals surface area contributed by atoms with Gasteiger partial charge in [-0.15, -0.1) is 0 Å². The molecule has 3 rings (SSSR count). The Balaban J connectivity index is 1.85. The summed E-state index contributed by atoms with van der Waals surface area (Å²) in [6.45, 7) is 0.690. The van der Waals surface area contributed by atoms with Crippen molar-refractivity contribution in [1.82, 2.24) is 9.78 Å². The van der Waals surface area contributed by atoms with Crippen LogP contribution in [0.1, 0.15) is 23.3 Å². The van der Waals surface area contributed by atoms with Gasteiger partial charge in [-0.1, -0.05) is 18.2 Å². The normalized spacial score (nSPS) is 14.6. The van der Waals surface area contributed by atoms with Gasteiger partial charge in [0.15, 0.2) is 0 Å². The van der Waals surface area contributed by atoms with Gasteiger partial charge >= 0.3 is 0 Å². The van der Waals surface area contributed by atoms with Crippen LogP contribution >= 0.6 is 0 Å². The van der Waals surface area contributed by atoms with Crippen LogP contribution in [0.4, 0.5) is 0 Å². The Morgan fingerprint density at radius 2 is 2.05 bits per heavy atom. The van der Waals surface area contributed by atoms with Crippen LogP contribution < -0.4 is 0 Å². The highest BCUT2D eigenvalue weighted by atomic mass is 16.5. The molecule has 4 nitrogen and oxygen atoms in total. The van der Waals surface area contributed by atoms with Gasteiger partial charge < -0.3 is 4.74 Å². The number of hydrogen-bond acceptors (Lipinski definition) is 3. The number of hydrogen-bond donors (Lipinski definition) is 0. The summed E-state index contributed by atoms with van der Waals surface area (Å²) in [7, 11) is 0. The second-order valence-corrected chi connectivity index (χ2v) is 4.43. The van der Waals surface area contributed by atoms with E-state index in [1.807, 2.05) is 30.3 Å². The zero-order chi connectivity index (χ0) is 13.1. The Kier molecular flexibility index (Phi) is 3.14. The lowest BCUT2D eigenvalue weighted by atomic mass is 10.0. The number of carbonyl (C=O) groups is 1. The summed E-state index contributed by atoms with van der Waals surface area (Å²) >= 11 is 0. The van der Waals surface area contributed by atoms with E-state index in [0.29, 0.717) is 17.9 Å². The third kappa shape index (κ3) is 2.42. The topological polar surface area (TPSA) is 44.1 Å². The Labute approximate surface area is 111 Å². The van der Waals surface area contributed by atoms with E-state index in [-0.39, 0.29) is 5.78 Å².